The van der Waals surface area contributed by atoms with Crippen molar-refractivity contribution in [3.05, 3.63) is 82.4 Å². The maximum absolute atomic E-state index is 13.6. The average molecular weight is 711 g/mol. The molecule has 2 aliphatic heterocycles. The van der Waals surface area contributed by atoms with Crippen molar-refractivity contribution in [3.63, 3.8) is 0 Å². The molecule has 16 nitrogen and oxygen atoms in total. The van der Waals surface area contributed by atoms with Crippen LogP contribution in [0.2, 0.25) is 0 Å². The first kappa shape index (κ1) is 35.3. The first-order valence-electron chi connectivity index (χ1n) is 17.8. The number of hydrogen-bond donors (Lipinski definition) is 2. The summed E-state index contributed by atoms with van der Waals surface area (Å²) in [6, 6.07) is 14.5. The number of nitrogens with zero attached hydrogens (tertiary/aromatic N) is 8. The van der Waals surface area contributed by atoms with Gasteiger partial charge in [0.15, 0.2) is 11.4 Å². The largest absolute Gasteiger partial charge is 0.379 e. The van der Waals surface area contributed by atoms with Crippen molar-refractivity contribution in [2.75, 3.05) is 76.3 Å². The zero-order chi connectivity index (χ0) is 35.9. The van der Waals surface area contributed by atoms with Crippen molar-refractivity contribution in [3.8, 4) is 0 Å². The highest BCUT2D eigenvalue weighted by Gasteiger charge is 2.40. The fourth-order valence-electron chi connectivity index (χ4n) is 6.58. The van der Waals surface area contributed by atoms with Crippen molar-refractivity contribution in [1.82, 2.24) is 39.8 Å². The van der Waals surface area contributed by atoms with Crippen LogP contribution in [-0.2, 0) is 32.2 Å². The Morgan fingerprint density at radius 3 is 1.37 bits per heavy atom. The van der Waals surface area contributed by atoms with E-state index in [1.807, 2.05) is 24.3 Å². The van der Waals surface area contributed by atoms with Crippen LogP contribution < -0.4 is 10.6 Å². The van der Waals surface area contributed by atoms with Crippen molar-refractivity contribution in [2.24, 2.45) is 0 Å². The second-order valence-electron chi connectivity index (χ2n) is 13.2. The van der Waals surface area contributed by atoms with E-state index in [1.165, 1.54) is 9.36 Å². The first-order valence-corrected chi connectivity index (χ1v) is 17.8. The molecule has 2 fully saturated rings. The van der Waals surface area contributed by atoms with Gasteiger partial charge in [0.2, 0.25) is 23.4 Å². The molecule has 0 unspecified atom stereocenters. The molecule has 4 aromatic rings. The van der Waals surface area contributed by atoms with Gasteiger partial charge >= 0.3 is 0 Å². The highest BCUT2D eigenvalue weighted by atomic mass is 16.5. The summed E-state index contributed by atoms with van der Waals surface area (Å²) in [4.78, 5) is 56.7. The van der Waals surface area contributed by atoms with Crippen LogP contribution in [0.3, 0.4) is 0 Å². The Morgan fingerprint density at radius 2 is 0.981 bits per heavy atom. The minimum Gasteiger partial charge on any atom is -0.379 e. The van der Waals surface area contributed by atoms with E-state index in [0.29, 0.717) is 24.2 Å². The number of nitrogens with one attached hydrogen (secondary N) is 2. The third-order valence-electron chi connectivity index (χ3n) is 9.43. The van der Waals surface area contributed by atoms with Crippen molar-refractivity contribution in [1.29, 1.82) is 0 Å². The van der Waals surface area contributed by atoms with Gasteiger partial charge in [-0.15, -0.1) is 10.2 Å². The highest BCUT2D eigenvalue weighted by Crippen LogP contribution is 2.26. The molecule has 7 rings (SSSR count). The number of carbonyl (C=O) groups is 4. The van der Waals surface area contributed by atoms with Gasteiger partial charge in [0.1, 0.15) is 11.4 Å². The molecule has 16 heteroatoms. The Labute approximate surface area is 300 Å². The molecule has 0 saturated carbocycles. The number of rotatable bonds is 14. The number of morpholine rings is 2. The van der Waals surface area contributed by atoms with Crippen LogP contribution in [0, 0.1) is 0 Å². The average Bonchev–Trinajstić information content (AvgIpc) is 3.78. The zero-order valence-corrected chi connectivity index (χ0v) is 29.0. The fraction of sp³-hybridized carbons (Fsp3) is 0.444. The number of fused-ring (bicyclic) bond motifs is 2. The van der Waals surface area contributed by atoms with Crippen molar-refractivity contribution >= 4 is 34.8 Å². The second kappa shape index (κ2) is 16.5. The molecule has 3 aliphatic rings. The topological polar surface area (TPSA) is 179 Å². The third-order valence-corrected chi connectivity index (χ3v) is 9.43. The molecular formula is C36H42N10O6. The first-order chi connectivity index (χ1) is 25.4. The summed E-state index contributed by atoms with van der Waals surface area (Å²) in [5.74, 6) is -1.06. The standard InChI is InChI=1S/C36H42N10O6/c47-29(3-1-13-43-15-19-51-20-16-43)37-27-9-5-25(6-10-27)23-45-33-31(39-41-45)36(50)34-32(35(33)49)40-42-46(34)24-26-7-11-28(12-8-26)38-30(48)4-2-14-44-17-21-52-22-18-44/h5-12H,1-4,13-24H2,(H,37,47)(H,38,48). The molecule has 4 heterocycles. The zero-order valence-electron chi connectivity index (χ0n) is 29.0. The predicted octanol–water partition coefficient (Wildman–Crippen LogP) is 1.84. The molecule has 2 aromatic heterocycles. The summed E-state index contributed by atoms with van der Waals surface area (Å²) in [6.45, 7) is 8.65. The van der Waals surface area contributed by atoms with Crippen molar-refractivity contribution in [2.45, 2.75) is 38.8 Å². The molecular weight excluding hydrogens is 668 g/mol. The van der Waals surface area contributed by atoms with Gasteiger partial charge in [0, 0.05) is 50.4 Å². The van der Waals surface area contributed by atoms with Gasteiger partial charge in [-0.2, -0.15) is 0 Å². The van der Waals surface area contributed by atoms with E-state index >= 15 is 0 Å². The summed E-state index contributed by atoms with van der Waals surface area (Å²) in [7, 11) is 0. The summed E-state index contributed by atoms with van der Waals surface area (Å²) >= 11 is 0. The maximum atomic E-state index is 13.6. The molecule has 272 valence electrons. The molecule has 0 spiro atoms. The highest BCUT2D eigenvalue weighted by molar-refractivity contribution is 6.25. The number of ketones is 2. The molecule has 0 bridgehead atoms. The molecule has 2 N–H and O–H groups in total. The number of carbonyl (C=O) groups excluding carboxylic acids is 4. The SMILES string of the molecule is O=C(CCCN1CCOCC1)Nc1ccc(Cn2nnc3c2C(=O)c2nnn(Cc4ccc(NC(=O)CCCN5CCOCC5)cc4)c2C3=O)cc1. The van der Waals surface area contributed by atoms with Crippen LogP contribution >= 0.6 is 0 Å². The number of aromatic nitrogens is 6. The van der Waals surface area contributed by atoms with Gasteiger partial charge in [-0.3, -0.25) is 29.0 Å². The van der Waals surface area contributed by atoms with Crippen LogP contribution in [-0.4, -0.2) is 129 Å². The number of benzene rings is 2. The van der Waals surface area contributed by atoms with Crippen LogP contribution in [0.25, 0.3) is 0 Å². The van der Waals surface area contributed by atoms with Crippen LogP contribution in [0.15, 0.2) is 48.5 Å². The maximum Gasteiger partial charge on any atom is 0.236 e. The Balaban J connectivity index is 0.917. The lowest BCUT2D eigenvalue weighted by Crippen LogP contribution is -2.37. The molecule has 2 aromatic carbocycles. The van der Waals surface area contributed by atoms with Crippen LogP contribution in [0.1, 0.15) is 69.2 Å². The van der Waals surface area contributed by atoms with E-state index in [4.69, 9.17) is 9.47 Å². The van der Waals surface area contributed by atoms with Gasteiger partial charge in [0.05, 0.1) is 39.5 Å². The van der Waals surface area contributed by atoms with Crippen LogP contribution in [0.5, 0.6) is 0 Å². The van der Waals surface area contributed by atoms with Gasteiger partial charge in [-0.25, -0.2) is 9.36 Å². The normalized spacial score (nSPS) is 16.4. The predicted molar refractivity (Wildman–Crippen MR) is 188 cm³/mol. The van der Waals surface area contributed by atoms with Gasteiger partial charge in [-0.05, 0) is 61.3 Å². The fourth-order valence-corrected chi connectivity index (χ4v) is 6.58. The van der Waals surface area contributed by atoms with Gasteiger partial charge < -0.3 is 20.1 Å². The molecule has 2 saturated heterocycles. The lowest BCUT2D eigenvalue weighted by Gasteiger charge is -2.26. The Bertz CT molecular complexity index is 1760. The lowest BCUT2D eigenvalue weighted by atomic mass is 9.98. The smallest absolute Gasteiger partial charge is 0.236 e. The molecule has 1 aliphatic carbocycles. The monoisotopic (exact) mass is 710 g/mol. The Morgan fingerprint density at radius 1 is 0.596 bits per heavy atom. The van der Waals surface area contributed by atoms with E-state index in [-0.39, 0.29) is 47.7 Å². The molecule has 0 radical (unpaired) electrons. The van der Waals surface area contributed by atoms with Gasteiger partial charge in [0.25, 0.3) is 0 Å². The van der Waals surface area contributed by atoms with E-state index < -0.39 is 11.6 Å². The number of amides is 2. The minimum atomic E-state index is -0.478. The van der Waals surface area contributed by atoms with Gasteiger partial charge in [-0.1, -0.05) is 34.7 Å². The number of anilines is 2. The Kier molecular flexibility index (Phi) is 11.2. The summed E-state index contributed by atoms with van der Waals surface area (Å²) in [6.07, 6.45) is 2.40. The quantitative estimate of drug-likeness (QED) is 0.171. The van der Waals surface area contributed by atoms with Crippen molar-refractivity contribution < 1.29 is 28.7 Å². The second-order valence-corrected chi connectivity index (χ2v) is 13.2. The Hall–Kier alpha value is -5.16. The number of ether oxygens (including phenoxy) is 2. The summed E-state index contributed by atoms with van der Waals surface area (Å²) in [5, 5.41) is 22.3. The van der Waals surface area contributed by atoms with Crippen LogP contribution in [0.4, 0.5) is 11.4 Å². The molecule has 2 amide bonds. The van der Waals surface area contributed by atoms with E-state index in [1.54, 1.807) is 24.3 Å². The summed E-state index contributed by atoms with van der Waals surface area (Å²) in [5.41, 5.74) is 2.98. The lowest BCUT2D eigenvalue weighted by molar-refractivity contribution is -0.117. The number of hydrogen-bond acceptors (Lipinski definition) is 12. The minimum absolute atomic E-state index is 0.0475. The molecule has 52 heavy (non-hydrogen) atoms. The molecule has 0 atom stereocenters. The third kappa shape index (κ3) is 8.48. The van der Waals surface area contributed by atoms with E-state index in [0.717, 1.165) is 89.7 Å². The van der Waals surface area contributed by atoms with E-state index in [9.17, 15) is 19.2 Å². The van der Waals surface area contributed by atoms with E-state index in [2.05, 4.69) is 41.1 Å². The summed E-state index contributed by atoms with van der Waals surface area (Å²) < 4.78 is 13.5.